The minimum absolute atomic E-state index is 0.0721. The third kappa shape index (κ3) is 2.51. The van der Waals surface area contributed by atoms with Crippen molar-refractivity contribution in [1.82, 2.24) is 9.97 Å². The van der Waals surface area contributed by atoms with E-state index in [0.717, 1.165) is 0 Å². The van der Waals surface area contributed by atoms with E-state index in [1.54, 1.807) is 18.3 Å². The molecule has 3 aromatic rings. The van der Waals surface area contributed by atoms with Gasteiger partial charge in [-0.2, -0.15) is 0 Å². The molecule has 0 aliphatic rings. The normalized spacial score (nSPS) is 10.8. The number of nitrogens with one attached hydrogen (secondary N) is 1. The topological polar surface area (TPSA) is 64.2 Å². The summed E-state index contributed by atoms with van der Waals surface area (Å²) in [4.78, 5) is 19.2. The van der Waals surface area contributed by atoms with Crippen LogP contribution in [0.3, 0.4) is 0 Å². The Morgan fingerprint density at radius 2 is 2.09 bits per heavy atom. The van der Waals surface area contributed by atoms with Crippen molar-refractivity contribution < 1.29 is 18.7 Å². The minimum atomic E-state index is -0.644. The van der Waals surface area contributed by atoms with Crippen LogP contribution >= 0.6 is 11.6 Å². The number of aromatic nitrogens is 2. The smallest absolute Gasteiger partial charge is 0.357 e. The second-order valence-electron chi connectivity index (χ2n) is 4.73. The predicted molar refractivity (Wildman–Crippen MR) is 84.4 cm³/mol. The van der Waals surface area contributed by atoms with Gasteiger partial charge in [0.2, 0.25) is 0 Å². The maximum Gasteiger partial charge on any atom is 0.357 e. The number of fused-ring (bicyclic) bond motifs is 1. The highest BCUT2D eigenvalue weighted by atomic mass is 35.5. The fourth-order valence-electron chi connectivity index (χ4n) is 2.37. The van der Waals surface area contributed by atoms with Gasteiger partial charge in [-0.05, 0) is 24.3 Å². The number of aromatic amines is 1. The molecule has 0 saturated carbocycles. The molecule has 118 valence electrons. The number of benzene rings is 1. The molecule has 23 heavy (non-hydrogen) atoms. The fourth-order valence-corrected chi connectivity index (χ4v) is 2.59. The molecule has 0 unspecified atom stereocenters. The van der Waals surface area contributed by atoms with Crippen molar-refractivity contribution in [2.75, 3.05) is 14.2 Å². The van der Waals surface area contributed by atoms with Gasteiger partial charge in [0.25, 0.3) is 0 Å². The lowest BCUT2D eigenvalue weighted by atomic mass is 10.1. The highest BCUT2D eigenvalue weighted by Gasteiger charge is 2.20. The zero-order valence-electron chi connectivity index (χ0n) is 12.3. The van der Waals surface area contributed by atoms with Gasteiger partial charge in [-0.25, -0.2) is 14.2 Å². The molecule has 1 aromatic carbocycles. The number of carbonyl (C=O) groups excluding carboxylic acids is 1. The number of ether oxygens (including phenoxy) is 2. The highest BCUT2D eigenvalue weighted by Crippen LogP contribution is 2.35. The van der Waals surface area contributed by atoms with Crippen molar-refractivity contribution in [2.45, 2.75) is 0 Å². The standard InChI is InChI=1S/C16H12ClFN2O3/c1-22-15-10(17)4-3-8(13(15)18)12-7-11-9(5-6-19-11)14(20-12)16(21)23-2/h3-7,19H,1-2H3. The van der Waals surface area contributed by atoms with Crippen LogP contribution in [0.4, 0.5) is 4.39 Å². The van der Waals surface area contributed by atoms with Crippen molar-refractivity contribution >= 4 is 28.5 Å². The number of H-pyrrole nitrogens is 1. The molecule has 7 heteroatoms. The van der Waals surface area contributed by atoms with E-state index in [1.165, 1.54) is 26.4 Å². The van der Waals surface area contributed by atoms with Crippen LogP contribution in [-0.4, -0.2) is 30.2 Å². The molecular formula is C16H12ClFN2O3. The Kier molecular flexibility index (Phi) is 3.92. The van der Waals surface area contributed by atoms with Gasteiger partial charge in [-0.15, -0.1) is 0 Å². The first kappa shape index (κ1) is 15.3. The minimum Gasteiger partial charge on any atom is -0.492 e. The van der Waals surface area contributed by atoms with Gasteiger partial charge in [0, 0.05) is 22.7 Å². The molecule has 2 aromatic heterocycles. The molecule has 0 bridgehead atoms. The number of hydrogen-bond donors (Lipinski definition) is 1. The van der Waals surface area contributed by atoms with Gasteiger partial charge in [-0.1, -0.05) is 11.6 Å². The summed E-state index contributed by atoms with van der Waals surface area (Å²) in [5.41, 5.74) is 1.19. The molecule has 3 rings (SSSR count). The summed E-state index contributed by atoms with van der Waals surface area (Å²) in [6, 6.07) is 6.35. The van der Waals surface area contributed by atoms with E-state index < -0.39 is 11.8 Å². The summed E-state index contributed by atoms with van der Waals surface area (Å²) in [7, 11) is 2.59. The van der Waals surface area contributed by atoms with Crippen LogP contribution in [0.15, 0.2) is 30.5 Å². The molecule has 5 nitrogen and oxygen atoms in total. The summed E-state index contributed by atoms with van der Waals surface area (Å²) in [6.07, 6.45) is 1.67. The van der Waals surface area contributed by atoms with Crippen molar-refractivity contribution in [3.63, 3.8) is 0 Å². The second-order valence-corrected chi connectivity index (χ2v) is 5.14. The summed E-state index contributed by atoms with van der Waals surface area (Å²) in [5.74, 6) is -1.32. The number of halogens is 2. The Morgan fingerprint density at radius 1 is 1.30 bits per heavy atom. The Hall–Kier alpha value is -2.60. The average Bonchev–Trinajstić information content (AvgIpc) is 3.02. The van der Waals surface area contributed by atoms with Crippen LogP contribution in [0.1, 0.15) is 10.5 Å². The van der Waals surface area contributed by atoms with Crippen LogP contribution < -0.4 is 4.74 Å². The second kappa shape index (κ2) is 5.89. The molecule has 1 N–H and O–H groups in total. The van der Waals surface area contributed by atoms with E-state index >= 15 is 0 Å². The largest absolute Gasteiger partial charge is 0.492 e. The Bertz CT molecular complexity index is 908. The Balaban J connectivity index is 2.27. The van der Waals surface area contributed by atoms with E-state index in [1.807, 2.05) is 0 Å². The SMILES string of the molecule is COC(=O)c1nc(-c2ccc(Cl)c(OC)c2F)cc2[nH]ccc12. The first-order valence-corrected chi connectivity index (χ1v) is 7.03. The summed E-state index contributed by atoms with van der Waals surface area (Å²) >= 11 is 5.91. The highest BCUT2D eigenvalue weighted by molar-refractivity contribution is 6.32. The molecule has 0 spiro atoms. The third-order valence-corrected chi connectivity index (χ3v) is 3.75. The first-order chi connectivity index (χ1) is 11.1. The van der Waals surface area contributed by atoms with Gasteiger partial charge >= 0.3 is 5.97 Å². The van der Waals surface area contributed by atoms with Gasteiger partial charge in [0.05, 0.1) is 24.9 Å². The van der Waals surface area contributed by atoms with E-state index in [9.17, 15) is 9.18 Å². The number of hydrogen-bond acceptors (Lipinski definition) is 4. The maximum absolute atomic E-state index is 14.6. The van der Waals surface area contributed by atoms with E-state index in [0.29, 0.717) is 10.9 Å². The third-order valence-electron chi connectivity index (χ3n) is 3.46. The van der Waals surface area contributed by atoms with Crippen LogP contribution in [0.2, 0.25) is 5.02 Å². The van der Waals surface area contributed by atoms with Crippen molar-refractivity contribution in [1.29, 1.82) is 0 Å². The molecule has 0 amide bonds. The maximum atomic E-state index is 14.6. The van der Waals surface area contributed by atoms with E-state index in [2.05, 4.69) is 9.97 Å². The van der Waals surface area contributed by atoms with Gasteiger partial charge in [0.15, 0.2) is 17.3 Å². The van der Waals surface area contributed by atoms with Crippen molar-refractivity contribution in [3.05, 3.63) is 47.0 Å². The van der Waals surface area contributed by atoms with E-state index in [-0.39, 0.29) is 27.7 Å². The van der Waals surface area contributed by atoms with Crippen LogP contribution in [-0.2, 0) is 4.74 Å². The number of rotatable bonds is 3. The molecule has 0 aliphatic heterocycles. The fraction of sp³-hybridized carbons (Fsp3) is 0.125. The quantitative estimate of drug-likeness (QED) is 0.740. The molecule has 0 radical (unpaired) electrons. The molecule has 0 atom stereocenters. The number of methoxy groups -OCH3 is 2. The molecular weight excluding hydrogens is 323 g/mol. The monoisotopic (exact) mass is 334 g/mol. The lowest BCUT2D eigenvalue weighted by Crippen LogP contribution is -2.06. The predicted octanol–water partition coefficient (Wildman–Crippen LogP) is 3.82. The van der Waals surface area contributed by atoms with Gasteiger partial charge in [-0.3, -0.25) is 0 Å². The summed E-state index contributed by atoms with van der Waals surface area (Å²) < 4.78 is 24.3. The number of pyridine rings is 1. The van der Waals surface area contributed by atoms with Gasteiger partial charge in [0.1, 0.15) is 0 Å². The lowest BCUT2D eigenvalue weighted by molar-refractivity contribution is 0.0596. The zero-order chi connectivity index (χ0) is 16.6. The first-order valence-electron chi connectivity index (χ1n) is 6.65. The summed E-state index contributed by atoms with van der Waals surface area (Å²) in [6.45, 7) is 0. The van der Waals surface area contributed by atoms with Crippen LogP contribution in [0.25, 0.3) is 22.2 Å². The Morgan fingerprint density at radius 3 is 2.78 bits per heavy atom. The lowest BCUT2D eigenvalue weighted by Gasteiger charge is -2.10. The van der Waals surface area contributed by atoms with E-state index in [4.69, 9.17) is 21.1 Å². The summed E-state index contributed by atoms with van der Waals surface area (Å²) in [5, 5.41) is 0.754. The Labute approximate surface area is 136 Å². The molecule has 2 heterocycles. The van der Waals surface area contributed by atoms with Crippen molar-refractivity contribution in [3.8, 4) is 17.0 Å². The number of carbonyl (C=O) groups is 1. The zero-order valence-corrected chi connectivity index (χ0v) is 13.1. The molecule has 0 aliphatic carbocycles. The van der Waals surface area contributed by atoms with Gasteiger partial charge < -0.3 is 14.5 Å². The number of esters is 1. The van der Waals surface area contributed by atoms with Crippen molar-refractivity contribution in [2.24, 2.45) is 0 Å². The van der Waals surface area contributed by atoms with Crippen LogP contribution in [0, 0.1) is 5.82 Å². The molecule has 0 saturated heterocycles. The number of nitrogens with zero attached hydrogens (tertiary/aromatic N) is 1. The van der Waals surface area contributed by atoms with Crippen LogP contribution in [0.5, 0.6) is 5.75 Å². The average molecular weight is 335 g/mol. The molecule has 0 fully saturated rings.